The first-order chi connectivity index (χ1) is 29.8. The Balaban J connectivity index is 1.09. The highest BCUT2D eigenvalue weighted by molar-refractivity contribution is 6.07. The standard InChI is InChI=1S/C45H54N8O9/c1-8-28-15-16-45(52-28,39(54)36(23(3)59-5)51-44(58)61-7)42-48-32-13-11-25-18-31-29-12-10-26(17-27(29)21-62-35(31)19-30(25)38(32)49-42)33-20-46-40(47-33)34-14-9-22(2)53(34)41(55)37(24(4)60-6)50-43(56)57/h10-13,17-20,22-24,28,34,36-37,50,52H,8-9,14-16,21H2,1-7H3,(H,46,47)(H,48,49)(H,51,58)(H,56,57)/t22-,23+,24+,28-,34-,36-,37-,45+/m0/s1. The third-order valence-electron chi connectivity index (χ3n) is 13.1. The summed E-state index contributed by atoms with van der Waals surface area (Å²) in [4.78, 5) is 70.8. The number of hydrogen-bond acceptors (Lipinski definition) is 11. The Bertz CT molecular complexity index is 2540. The molecule has 3 amide bonds. The summed E-state index contributed by atoms with van der Waals surface area (Å²) < 4.78 is 22.2. The van der Waals surface area contributed by atoms with Gasteiger partial charge >= 0.3 is 12.2 Å². The molecular formula is C45H54N8O9. The minimum Gasteiger partial charge on any atom is -0.488 e. The van der Waals surface area contributed by atoms with Crippen LogP contribution in [0.3, 0.4) is 0 Å². The number of H-pyrrole nitrogens is 2. The topological polar surface area (TPSA) is 222 Å². The zero-order valence-corrected chi connectivity index (χ0v) is 36.0. The number of alkyl carbamates (subject to hydrolysis) is 1. The first kappa shape index (κ1) is 42.6. The van der Waals surface area contributed by atoms with Crippen molar-refractivity contribution in [2.75, 3.05) is 21.3 Å². The molecule has 3 aromatic carbocycles. The number of benzene rings is 3. The third-order valence-corrected chi connectivity index (χ3v) is 13.1. The van der Waals surface area contributed by atoms with Gasteiger partial charge in [0, 0.05) is 37.3 Å². The van der Waals surface area contributed by atoms with E-state index in [1.54, 1.807) is 24.9 Å². The molecule has 3 aliphatic rings. The fourth-order valence-corrected chi connectivity index (χ4v) is 9.42. The van der Waals surface area contributed by atoms with Gasteiger partial charge in [-0.1, -0.05) is 25.1 Å². The van der Waals surface area contributed by atoms with E-state index in [1.807, 2.05) is 31.2 Å². The molecule has 0 unspecified atom stereocenters. The molecule has 62 heavy (non-hydrogen) atoms. The van der Waals surface area contributed by atoms with E-state index in [2.05, 4.69) is 51.0 Å². The number of imidazole rings is 2. The van der Waals surface area contributed by atoms with E-state index in [4.69, 9.17) is 28.9 Å². The van der Waals surface area contributed by atoms with Gasteiger partial charge in [-0.15, -0.1) is 0 Å². The number of ether oxygens (including phenoxy) is 4. The summed E-state index contributed by atoms with van der Waals surface area (Å²) in [5.74, 6) is 1.20. The average Bonchev–Trinajstić information content (AvgIpc) is 4.11. The molecule has 8 rings (SSSR count). The van der Waals surface area contributed by atoms with E-state index in [9.17, 15) is 24.3 Å². The number of Topliss-reactive ketones (excluding diaryl/α,β-unsaturated/α-hetero) is 1. The van der Waals surface area contributed by atoms with Gasteiger partial charge in [-0.3, -0.25) is 14.9 Å². The second-order valence-electron chi connectivity index (χ2n) is 16.6. The summed E-state index contributed by atoms with van der Waals surface area (Å²) in [6.45, 7) is 7.76. The van der Waals surface area contributed by atoms with Crippen LogP contribution in [0.5, 0.6) is 5.75 Å². The number of carbonyl (C=O) groups is 4. The lowest BCUT2D eigenvalue weighted by Crippen LogP contribution is -2.59. The molecule has 2 fully saturated rings. The van der Waals surface area contributed by atoms with Crippen LogP contribution in [0.4, 0.5) is 9.59 Å². The lowest BCUT2D eigenvalue weighted by atomic mass is 9.85. The quantitative estimate of drug-likeness (QED) is 0.0794. The molecule has 0 radical (unpaired) electrons. The van der Waals surface area contributed by atoms with Gasteiger partial charge in [0.2, 0.25) is 5.91 Å². The number of ketones is 1. The molecule has 3 aliphatic heterocycles. The predicted molar refractivity (Wildman–Crippen MR) is 230 cm³/mol. The van der Waals surface area contributed by atoms with Gasteiger partial charge in [0.15, 0.2) is 5.78 Å². The molecule has 6 N–H and O–H groups in total. The van der Waals surface area contributed by atoms with Crippen LogP contribution in [-0.2, 0) is 35.9 Å². The van der Waals surface area contributed by atoms with Crippen LogP contribution < -0.4 is 20.7 Å². The van der Waals surface area contributed by atoms with Crippen molar-refractivity contribution >= 4 is 45.7 Å². The van der Waals surface area contributed by atoms with E-state index >= 15 is 0 Å². The van der Waals surface area contributed by atoms with Crippen LogP contribution in [0.25, 0.3) is 44.2 Å². The predicted octanol–water partition coefficient (Wildman–Crippen LogP) is 6.07. The highest BCUT2D eigenvalue weighted by Gasteiger charge is 2.52. The first-order valence-corrected chi connectivity index (χ1v) is 21.1. The molecule has 17 nitrogen and oxygen atoms in total. The van der Waals surface area contributed by atoms with Crippen molar-refractivity contribution < 1.29 is 43.2 Å². The summed E-state index contributed by atoms with van der Waals surface area (Å²) in [7, 11) is 4.20. The molecule has 8 atom stereocenters. The lowest BCUT2D eigenvalue weighted by Gasteiger charge is -2.33. The molecule has 5 heterocycles. The van der Waals surface area contributed by atoms with Crippen LogP contribution >= 0.6 is 0 Å². The number of nitrogens with zero attached hydrogens (tertiary/aromatic N) is 3. The summed E-state index contributed by atoms with van der Waals surface area (Å²) in [6, 6.07) is 11.8. The fraction of sp³-hybridized carbons (Fsp3) is 0.467. The van der Waals surface area contributed by atoms with Crippen LogP contribution in [0, 0.1) is 0 Å². The first-order valence-electron chi connectivity index (χ1n) is 21.1. The Hall–Kier alpha value is -6.04. The van der Waals surface area contributed by atoms with E-state index in [0.29, 0.717) is 36.6 Å². The zero-order chi connectivity index (χ0) is 44.0. The average molecular weight is 851 g/mol. The number of amides is 3. The Morgan fingerprint density at radius 2 is 1.74 bits per heavy atom. The van der Waals surface area contributed by atoms with E-state index in [-0.39, 0.29) is 29.8 Å². The fourth-order valence-electron chi connectivity index (χ4n) is 9.42. The summed E-state index contributed by atoms with van der Waals surface area (Å²) >= 11 is 0. The maximum absolute atomic E-state index is 14.6. The van der Waals surface area contributed by atoms with Crippen molar-refractivity contribution in [2.24, 2.45) is 0 Å². The molecule has 5 aromatic rings. The Morgan fingerprint density at radius 1 is 0.968 bits per heavy atom. The minimum absolute atomic E-state index is 0.0713. The molecular weight excluding hydrogens is 797 g/mol. The molecule has 17 heteroatoms. The van der Waals surface area contributed by atoms with Crippen molar-refractivity contribution in [3.63, 3.8) is 0 Å². The molecule has 0 saturated carbocycles. The van der Waals surface area contributed by atoms with Crippen molar-refractivity contribution in [3.05, 3.63) is 65.9 Å². The molecule has 328 valence electrons. The minimum atomic E-state index is -1.29. The number of aromatic nitrogens is 4. The highest BCUT2D eigenvalue weighted by atomic mass is 16.5. The number of nitrogens with one attached hydrogen (secondary N) is 5. The van der Waals surface area contributed by atoms with Gasteiger partial charge in [-0.25, -0.2) is 19.6 Å². The van der Waals surface area contributed by atoms with Crippen LogP contribution in [0.2, 0.25) is 0 Å². The van der Waals surface area contributed by atoms with Gasteiger partial charge in [0.05, 0.1) is 48.3 Å². The molecule has 0 aliphatic carbocycles. The summed E-state index contributed by atoms with van der Waals surface area (Å²) in [5, 5.41) is 19.9. The van der Waals surface area contributed by atoms with Gasteiger partial charge < -0.3 is 49.6 Å². The van der Waals surface area contributed by atoms with Crippen molar-refractivity contribution in [1.29, 1.82) is 0 Å². The Kier molecular flexibility index (Phi) is 11.7. The van der Waals surface area contributed by atoms with Crippen molar-refractivity contribution in [2.45, 2.75) is 114 Å². The van der Waals surface area contributed by atoms with Crippen LogP contribution in [0.15, 0.2) is 48.7 Å². The number of carbonyl (C=O) groups excluding carboxylic acids is 3. The normalized spacial score (nSPS) is 22.6. The second-order valence-corrected chi connectivity index (χ2v) is 16.6. The largest absolute Gasteiger partial charge is 0.488 e. The number of aromatic amines is 2. The monoisotopic (exact) mass is 850 g/mol. The highest BCUT2D eigenvalue weighted by Crippen LogP contribution is 2.44. The van der Waals surface area contributed by atoms with Crippen LogP contribution in [0.1, 0.15) is 83.1 Å². The van der Waals surface area contributed by atoms with Gasteiger partial charge in [0.1, 0.15) is 41.6 Å². The SMILES string of the molecule is CC[C@H]1CC[C@@](C(=O)[C@@H](NC(=O)OC)[C@@H](C)OC)(c2nc3ccc4cc5c(cc4c3[nH]2)OCc2cc(-c3cnc([C@@H]4CC[C@H](C)N4C(=O)[C@@H](NC(=O)O)[C@@H](C)OC)[nH]3)ccc2-5)N1. The maximum Gasteiger partial charge on any atom is 0.407 e. The second kappa shape index (κ2) is 17.0. The summed E-state index contributed by atoms with van der Waals surface area (Å²) in [6.07, 6.45) is 1.90. The van der Waals surface area contributed by atoms with Crippen molar-refractivity contribution in [1.82, 2.24) is 40.8 Å². The van der Waals surface area contributed by atoms with E-state index in [1.165, 1.54) is 21.3 Å². The number of likely N-dealkylation sites (tertiary alicyclic amines) is 1. The zero-order valence-electron chi connectivity index (χ0n) is 36.0. The van der Waals surface area contributed by atoms with Gasteiger partial charge in [-0.2, -0.15) is 0 Å². The van der Waals surface area contributed by atoms with Crippen LogP contribution in [-0.4, -0.2) is 112 Å². The number of methoxy groups -OCH3 is 3. The van der Waals surface area contributed by atoms with Gasteiger partial charge in [-0.05, 0) is 99.2 Å². The molecule has 0 spiro atoms. The Labute approximate surface area is 358 Å². The Morgan fingerprint density at radius 3 is 2.45 bits per heavy atom. The summed E-state index contributed by atoms with van der Waals surface area (Å²) in [5.41, 5.74) is 4.92. The number of carboxylic acid groups (broad SMARTS) is 1. The smallest absolute Gasteiger partial charge is 0.407 e. The van der Waals surface area contributed by atoms with Crippen molar-refractivity contribution in [3.8, 4) is 28.1 Å². The van der Waals surface area contributed by atoms with E-state index < -0.39 is 42.0 Å². The maximum atomic E-state index is 14.6. The number of hydrogen-bond donors (Lipinski definition) is 6. The number of fused-ring (bicyclic) bond motifs is 6. The molecule has 2 saturated heterocycles. The lowest BCUT2D eigenvalue weighted by molar-refractivity contribution is -0.139. The number of rotatable bonds is 13. The third kappa shape index (κ3) is 7.51. The van der Waals surface area contributed by atoms with Gasteiger partial charge in [0.25, 0.3) is 0 Å². The van der Waals surface area contributed by atoms with E-state index in [0.717, 1.165) is 69.2 Å². The molecule has 0 bridgehead atoms. The molecule has 2 aromatic heterocycles.